The van der Waals surface area contributed by atoms with Crippen molar-refractivity contribution in [3.05, 3.63) is 89.7 Å². The fraction of sp³-hybridized carbons (Fsp3) is 0.154. The first kappa shape index (κ1) is 25.8. The van der Waals surface area contributed by atoms with E-state index >= 15 is 0 Å². The Kier molecular flexibility index (Phi) is 8.27. The van der Waals surface area contributed by atoms with Crippen molar-refractivity contribution in [3.8, 4) is 11.5 Å². The first-order valence-electron chi connectivity index (χ1n) is 10.5. The molecule has 1 N–H and O–H groups in total. The van der Waals surface area contributed by atoms with Crippen molar-refractivity contribution < 1.29 is 14.3 Å². The number of amidine groups is 1. The van der Waals surface area contributed by atoms with Crippen molar-refractivity contribution >= 4 is 78.1 Å². The van der Waals surface area contributed by atoms with Crippen LogP contribution in [0.2, 0.25) is 5.02 Å². The number of ether oxygens (including phenoxy) is 2. The van der Waals surface area contributed by atoms with Gasteiger partial charge in [-0.1, -0.05) is 39.7 Å². The Morgan fingerprint density at radius 2 is 1.77 bits per heavy atom. The summed E-state index contributed by atoms with van der Waals surface area (Å²) in [6.45, 7) is 4.39. The number of aliphatic imine (C=N–C) groups is 1. The lowest BCUT2D eigenvalue weighted by Gasteiger charge is -2.14. The lowest BCUT2D eigenvalue weighted by molar-refractivity contribution is -0.115. The molecule has 35 heavy (non-hydrogen) atoms. The molecule has 0 aromatic heterocycles. The lowest BCUT2D eigenvalue weighted by atomic mass is 10.1. The molecule has 1 fully saturated rings. The molecule has 0 radical (unpaired) electrons. The Labute approximate surface area is 230 Å². The Bertz CT molecular complexity index is 1330. The number of halogens is 3. The molecule has 9 heteroatoms. The average Bonchev–Trinajstić information content (AvgIpc) is 3.15. The molecule has 180 valence electrons. The van der Waals surface area contributed by atoms with Crippen molar-refractivity contribution in [1.82, 2.24) is 5.32 Å². The fourth-order valence-corrected chi connectivity index (χ4v) is 5.21. The molecule has 0 unspecified atom stereocenters. The molecule has 3 aromatic carbocycles. The highest BCUT2D eigenvalue weighted by atomic mass is 79.9. The summed E-state index contributed by atoms with van der Waals surface area (Å²) < 4.78 is 13.3. The highest BCUT2D eigenvalue weighted by Gasteiger charge is 2.24. The third kappa shape index (κ3) is 6.30. The summed E-state index contributed by atoms with van der Waals surface area (Å²) in [5.41, 5.74) is 4.74. The summed E-state index contributed by atoms with van der Waals surface area (Å²) in [6, 6.07) is 15.1. The van der Waals surface area contributed by atoms with E-state index in [1.165, 1.54) is 11.8 Å². The lowest BCUT2D eigenvalue weighted by Crippen LogP contribution is -2.19. The van der Waals surface area contributed by atoms with E-state index < -0.39 is 0 Å². The smallest absolute Gasteiger partial charge is 0.264 e. The van der Waals surface area contributed by atoms with Gasteiger partial charge in [-0.3, -0.25) is 4.79 Å². The van der Waals surface area contributed by atoms with E-state index in [0.717, 1.165) is 36.9 Å². The van der Waals surface area contributed by atoms with E-state index in [1.54, 1.807) is 13.2 Å². The normalized spacial score (nSPS) is 15.5. The second-order valence-corrected chi connectivity index (χ2v) is 10.9. The molecule has 1 heterocycles. The van der Waals surface area contributed by atoms with E-state index in [0.29, 0.717) is 33.2 Å². The molecule has 0 bridgehead atoms. The van der Waals surface area contributed by atoms with Crippen LogP contribution in [-0.4, -0.2) is 18.2 Å². The van der Waals surface area contributed by atoms with Crippen molar-refractivity contribution in [2.75, 3.05) is 7.11 Å². The quantitative estimate of drug-likeness (QED) is 0.279. The Balaban J connectivity index is 1.54. The van der Waals surface area contributed by atoms with E-state index in [4.69, 9.17) is 21.1 Å². The minimum absolute atomic E-state index is 0.197. The summed E-state index contributed by atoms with van der Waals surface area (Å²) in [6.07, 6.45) is 1.80. The molecule has 0 atom stereocenters. The number of rotatable bonds is 6. The van der Waals surface area contributed by atoms with Crippen LogP contribution in [0, 0.1) is 13.8 Å². The Morgan fingerprint density at radius 1 is 1.09 bits per heavy atom. The maximum Gasteiger partial charge on any atom is 0.264 e. The van der Waals surface area contributed by atoms with Gasteiger partial charge in [0, 0.05) is 9.50 Å². The van der Waals surface area contributed by atoms with Gasteiger partial charge in [0.25, 0.3) is 5.91 Å². The molecule has 1 aliphatic rings. The zero-order valence-electron chi connectivity index (χ0n) is 19.1. The van der Waals surface area contributed by atoms with Gasteiger partial charge >= 0.3 is 0 Å². The van der Waals surface area contributed by atoms with Gasteiger partial charge in [-0.05, 0) is 106 Å². The van der Waals surface area contributed by atoms with Crippen molar-refractivity contribution in [2.24, 2.45) is 4.99 Å². The van der Waals surface area contributed by atoms with Crippen LogP contribution in [0.25, 0.3) is 6.08 Å². The van der Waals surface area contributed by atoms with Crippen LogP contribution in [0.5, 0.6) is 11.5 Å². The highest BCUT2D eigenvalue weighted by Crippen LogP contribution is 2.39. The number of benzene rings is 3. The minimum atomic E-state index is -0.197. The van der Waals surface area contributed by atoms with Crippen LogP contribution in [0.4, 0.5) is 5.69 Å². The predicted molar refractivity (Wildman–Crippen MR) is 151 cm³/mol. The first-order chi connectivity index (χ1) is 16.7. The van der Waals surface area contributed by atoms with Gasteiger partial charge in [0.1, 0.15) is 6.61 Å². The van der Waals surface area contributed by atoms with E-state index in [-0.39, 0.29) is 5.91 Å². The molecule has 0 spiro atoms. The molecular formula is C26H21Br2ClN2O3S. The van der Waals surface area contributed by atoms with Gasteiger partial charge in [-0.15, -0.1) is 0 Å². The van der Waals surface area contributed by atoms with Crippen LogP contribution in [0.3, 0.4) is 0 Å². The molecular weight excluding hydrogens is 616 g/mol. The van der Waals surface area contributed by atoms with Crippen LogP contribution in [0.1, 0.15) is 22.3 Å². The first-order valence-corrected chi connectivity index (χ1v) is 13.3. The summed E-state index contributed by atoms with van der Waals surface area (Å²) in [5.74, 6) is 0.937. The van der Waals surface area contributed by atoms with Crippen molar-refractivity contribution in [1.29, 1.82) is 0 Å². The number of nitrogens with one attached hydrogen (secondary N) is 1. The number of carbonyl (C=O) groups excluding carboxylic acids is 1. The number of nitrogens with zero attached hydrogens (tertiary/aromatic N) is 1. The third-order valence-corrected chi connectivity index (χ3v) is 8.15. The molecule has 1 saturated heterocycles. The minimum Gasteiger partial charge on any atom is -0.493 e. The molecule has 5 nitrogen and oxygen atoms in total. The maximum atomic E-state index is 12.6. The zero-order chi connectivity index (χ0) is 25.1. The van der Waals surface area contributed by atoms with Gasteiger partial charge < -0.3 is 14.8 Å². The largest absolute Gasteiger partial charge is 0.493 e. The maximum absolute atomic E-state index is 12.6. The standard InChI is InChI=1S/C26H21Br2ClN2O3S/c1-14-8-19(9-15(2)23(14)28)30-26-31-25(32)22(35-26)12-17-10-20(27)24(21(11-17)33-3)34-13-16-4-6-18(29)7-5-16/h4-12H,13H2,1-3H3,(H,30,31,32)/b22-12-. The van der Waals surface area contributed by atoms with E-state index in [2.05, 4.69) is 42.2 Å². The molecule has 4 rings (SSSR count). The van der Waals surface area contributed by atoms with E-state index in [9.17, 15) is 4.79 Å². The molecule has 3 aromatic rings. The predicted octanol–water partition coefficient (Wildman–Crippen LogP) is 7.96. The monoisotopic (exact) mass is 634 g/mol. The molecule has 1 aliphatic heterocycles. The van der Waals surface area contributed by atoms with Crippen molar-refractivity contribution in [3.63, 3.8) is 0 Å². The number of thioether (sulfide) groups is 1. The number of amides is 1. The van der Waals surface area contributed by atoms with Crippen LogP contribution in [-0.2, 0) is 11.4 Å². The van der Waals surface area contributed by atoms with E-state index in [1.807, 2.05) is 62.4 Å². The van der Waals surface area contributed by atoms with Crippen LogP contribution in [0.15, 0.2) is 67.4 Å². The summed E-state index contributed by atoms with van der Waals surface area (Å²) in [7, 11) is 1.58. The van der Waals surface area contributed by atoms with Crippen LogP contribution < -0.4 is 14.8 Å². The summed E-state index contributed by atoms with van der Waals surface area (Å²) in [4.78, 5) is 17.7. The number of aryl methyl sites for hydroxylation is 2. The fourth-order valence-electron chi connectivity index (χ4n) is 3.44. The van der Waals surface area contributed by atoms with Crippen LogP contribution >= 0.6 is 55.2 Å². The molecule has 0 aliphatic carbocycles. The van der Waals surface area contributed by atoms with Gasteiger partial charge in [-0.2, -0.15) is 0 Å². The summed E-state index contributed by atoms with van der Waals surface area (Å²) >= 11 is 14.4. The van der Waals surface area contributed by atoms with Gasteiger partial charge in [-0.25, -0.2) is 4.99 Å². The number of hydrogen-bond acceptors (Lipinski definition) is 5. The Morgan fingerprint density at radius 3 is 2.43 bits per heavy atom. The van der Waals surface area contributed by atoms with Gasteiger partial charge in [0.2, 0.25) is 0 Å². The second-order valence-electron chi connectivity index (χ2n) is 7.82. The van der Waals surface area contributed by atoms with Gasteiger partial charge in [0.15, 0.2) is 16.7 Å². The highest BCUT2D eigenvalue weighted by molar-refractivity contribution is 9.10. The number of hydrogen-bond donors (Lipinski definition) is 1. The SMILES string of the molecule is COc1cc(/C=C2\SC(=Nc3cc(C)c(Br)c(C)c3)NC2=O)cc(Br)c1OCc1ccc(Cl)cc1. The second kappa shape index (κ2) is 11.2. The molecule has 0 saturated carbocycles. The zero-order valence-corrected chi connectivity index (χ0v) is 23.9. The summed E-state index contributed by atoms with van der Waals surface area (Å²) in [5, 5.41) is 4.05. The topological polar surface area (TPSA) is 59.9 Å². The van der Waals surface area contributed by atoms with Gasteiger partial charge in [0.05, 0.1) is 22.2 Å². The number of carbonyl (C=O) groups is 1. The number of methoxy groups -OCH3 is 1. The average molecular weight is 637 g/mol. The van der Waals surface area contributed by atoms with Crippen molar-refractivity contribution in [2.45, 2.75) is 20.5 Å². The Hall–Kier alpha value is -2.26. The molecule has 1 amide bonds. The third-order valence-electron chi connectivity index (χ3n) is 5.15.